The lowest BCUT2D eigenvalue weighted by atomic mass is 9.97. The Morgan fingerprint density at radius 3 is 2.67 bits per heavy atom. The Bertz CT molecular complexity index is 584. The molecule has 0 aliphatic carbocycles. The maximum atomic E-state index is 13.5. The Hall–Kier alpha value is -1.24. The third kappa shape index (κ3) is 3.90. The van der Waals surface area contributed by atoms with Crippen molar-refractivity contribution in [1.29, 1.82) is 0 Å². The van der Waals surface area contributed by atoms with E-state index in [1.165, 1.54) is 12.1 Å². The third-order valence-corrected chi connectivity index (χ3v) is 3.63. The molecule has 0 radical (unpaired) electrons. The molecule has 1 heterocycles. The van der Waals surface area contributed by atoms with Gasteiger partial charge >= 0.3 is 0 Å². The van der Waals surface area contributed by atoms with Crippen LogP contribution in [-0.4, -0.2) is 23.2 Å². The molecule has 1 aliphatic heterocycles. The molecule has 1 atom stereocenters. The SMILES string of the molecule is CC1(C)CC(Oc2cc(F)ccc2C#CCCl)C(C)(C)O1. The van der Waals surface area contributed by atoms with Gasteiger partial charge in [0.25, 0.3) is 0 Å². The van der Waals surface area contributed by atoms with Gasteiger partial charge in [-0.2, -0.15) is 0 Å². The molecule has 0 aromatic heterocycles. The summed E-state index contributed by atoms with van der Waals surface area (Å²) in [5.74, 6) is 5.98. The van der Waals surface area contributed by atoms with E-state index in [1.807, 2.05) is 27.7 Å². The average molecular weight is 311 g/mol. The van der Waals surface area contributed by atoms with E-state index in [-0.39, 0.29) is 23.4 Å². The zero-order chi connectivity index (χ0) is 15.7. The molecule has 0 spiro atoms. The molecule has 1 aromatic rings. The van der Waals surface area contributed by atoms with Crippen LogP contribution in [-0.2, 0) is 4.74 Å². The minimum Gasteiger partial charge on any atom is -0.486 e. The molecule has 1 unspecified atom stereocenters. The fourth-order valence-corrected chi connectivity index (χ4v) is 2.74. The van der Waals surface area contributed by atoms with Gasteiger partial charge in [0, 0.05) is 12.5 Å². The molecular formula is C17H20ClFO2. The van der Waals surface area contributed by atoms with Crippen molar-refractivity contribution in [2.45, 2.75) is 51.4 Å². The van der Waals surface area contributed by atoms with Crippen molar-refractivity contribution in [2.75, 3.05) is 5.88 Å². The van der Waals surface area contributed by atoms with E-state index in [0.717, 1.165) is 6.42 Å². The van der Waals surface area contributed by atoms with Gasteiger partial charge in [-0.05, 0) is 39.8 Å². The van der Waals surface area contributed by atoms with Gasteiger partial charge in [-0.3, -0.25) is 0 Å². The van der Waals surface area contributed by atoms with Crippen LogP contribution in [0.3, 0.4) is 0 Å². The summed E-state index contributed by atoms with van der Waals surface area (Å²) in [5, 5.41) is 0. The summed E-state index contributed by atoms with van der Waals surface area (Å²) in [6.45, 7) is 8.02. The molecule has 21 heavy (non-hydrogen) atoms. The Labute approximate surface area is 130 Å². The molecule has 1 aromatic carbocycles. The van der Waals surface area contributed by atoms with Crippen LogP contribution < -0.4 is 4.74 Å². The average Bonchev–Trinajstić information content (AvgIpc) is 2.56. The predicted octanol–water partition coefficient (Wildman–Crippen LogP) is 4.14. The molecule has 0 N–H and O–H groups in total. The molecule has 114 valence electrons. The second-order valence-corrected chi connectivity index (χ2v) is 6.62. The first-order valence-corrected chi connectivity index (χ1v) is 7.48. The van der Waals surface area contributed by atoms with E-state index >= 15 is 0 Å². The first-order chi connectivity index (χ1) is 9.73. The zero-order valence-corrected chi connectivity index (χ0v) is 13.6. The Morgan fingerprint density at radius 2 is 2.10 bits per heavy atom. The quantitative estimate of drug-likeness (QED) is 0.604. The highest BCUT2D eigenvalue weighted by atomic mass is 35.5. The molecular weight excluding hydrogens is 291 g/mol. The Balaban J connectivity index is 2.29. The van der Waals surface area contributed by atoms with Crippen molar-refractivity contribution >= 4 is 11.6 Å². The number of hydrogen-bond donors (Lipinski definition) is 0. The van der Waals surface area contributed by atoms with Gasteiger partial charge in [0.1, 0.15) is 23.3 Å². The molecule has 0 amide bonds. The molecule has 0 bridgehead atoms. The number of hydrogen-bond acceptors (Lipinski definition) is 2. The molecule has 0 saturated carbocycles. The van der Waals surface area contributed by atoms with Gasteiger partial charge in [0.05, 0.1) is 17.0 Å². The lowest BCUT2D eigenvalue weighted by molar-refractivity contribution is -0.0846. The molecule has 2 nitrogen and oxygen atoms in total. The van der Waals surface area contributed by atoms with Gasteiger partial charge in [-0.1, -0.05) is 11.8 Å². The number of benzene rings is 1. The maximum Gasteiger partial charge on any atom is 0.138 e. The van der Waals surface area contributed by atoms with E-state index in [2.05, 4.69) is 11.8 Å². The van der Waals surface area contributed by atoms with E-state index < -0.39 is 5.60 Å². The van der Waals surface area contributed by atoms with E-state index in [4.69, 9.17) is 21.1 Å². The van der Waals surface area contributed by atoms with Crippen molar-refractivity contribution < 1.29 is 13.9 Å². The van der Waals surface area contributed by atoms with Gasteiger partial charge in [-0.25, -0.2) is 4.39 Å². The largest absolute Gasteiger partial charge is 0.486 e. The number of halogens is 2. The van der Waals surface area contributed by atoms with Crippen LogP contribution in [0.15, 0.2) is 18.2 Å². The van der Waals surface area contributed by atoms with Gasteiger partial charge < -0.3 is 9.47 Å². The summed E-state index contributed by atoms with van der Waals surface area (Å²) >= 11 is 5.58. The zero-order valence-electron chi connectivity index (χ0n) is 12.8. The molecule has 1 aliphatic rings. The lowest BCUT2D eigenvalue weighted by Crippen LogP contribution is -2.36. The molecule has 2 rings (SSSR count). The molecule has 1 fully saturated rings. The third-order valence-electron chi connectivity index (χ3n) is 3.49. The van der Waals surface area contributed by atoms with E-state index in [0.29, 0.717) is 11.3 Å². The van der Waals surface area contributed by atoms with Crippen LogP contribution >= 0.6 is 11.6 Å². The Kier molecular flexibility index (Phi) is 4.51. The first-order valence-electron chi connectivity index (χ1n) is 6.95. The summed E-state index contributed by atoms with van der Waals surface area (Å²) in [6, 6.07) is 4.34. The highest BCUT2D eigenvalue weighted by Gasteiger charge is 2.47. The number of alkyl halides is 1. The lowest BCUT2D eigenvalue weighted by Gasteiger charge is -2.27. The smallest absolute Gasteiger partial charge is 0.138 e. The Morgan fingerprint density at radius 1 is 1.38 bits per heavy atom. The minimum atomic E-state index is -0.437. The normalized spacial score (nSPS) is 22.5. The second kappa shape index (κ2) is 5.87. The first kappa shape index (κ1) is 16.1. The fraction of sp³-hybridized carbons (Fsp3) is 0.529. The standard InChI is InChI=1S/C17H20ClFO2/c1-16(2)11-15(17(3,4)21-16)20-14-10-13(19)8-7-12(14)6-5-9-18/h7-8,10,15H,9,11H2,1-4H3. The number of rotatable bonds is 2. The van der Waals surface area contributed by atoms with Crippen LogP contribution in [0.2, 0.25) is 0 Å². The van der Waals surface area contributed by atoms with Crippen molar-refractivity contribution in [3.05, 3.63) is 29.6 Å². The van der Waals surface area contributed by atoms with Crippen LogP contribution in [0.5, 0.6) is 5.75 Å². The monoisotopic (exact) mass is 310 g/mol. The highest BCUT2D eigenvalue weighted by Crippen LogP contribution is 2.40. The van der Waals surface area contributed by atoms with Crippen LogP contribution in [0.25, 0.3) is 0 Å². The second-order valence-electron chi connectivity index (χ2n) is 6.35. The topological polar surface area (TPSA) is 18.5 Å². The van der Waals surface area contributed by atoms with Crippen molar-refractivity contribution in [3.63, 3.8) is 0 Å². The number of ether oxygens (including phenoxy) is 2. The summed E-state index contributed by atoms with van der Waals surface area (Å²) in [4.78, 5) is 0. The van der Waals surface area contributed by atoms with Crippen molar-refractivity contribution in [1.82, 2.24) is 0 Å². The summed E-state index contributed by atoms with van der Waals surface area (Å²) < 4.78 is 25.5. The van der Waals surface area contributed by atoms with Gasteiger partial charge in [0.2, 0.25) is 0 Å². The van der Waals surface area contributed by atoms with Gasteiger partial charge in [-0.15, -0.1) is 11.6 Å². The summed E-state index contributed by atoms with van der Waals surface area (Å²) in [6.07, 6.45) is 0.574. The molecule has 1 saturated heterocycles. The predicted molar refractivity (Wildman–Crippen MR) is 82.3 cm³/mol. The fourth-order valence-electron chi connectivity index (χ4n) is 2.67. The minimum absolute atomic E-state index is 0.161. The summed E-state index contributed by atoms with van der Waals surface area (Å²) in [5.41, 5.74) is -0.0613. The van der Waals surface area contributed by atoms with Crippen LogP contribution in [0.4, 0.5) is 4.39 Å². The molecule has 4 heteroatoms. The van der Waals surface area contributed by atoms with Crippen molar-refractivity contribution in [3.8, 4) is 17.6 Å². The highest BCUT2D eigenvalue weighted by molar-refractivity contribution is 6.19. The van der Waals surface area contributed by atoms with E-state index in [9.17, 15) is 4.39 Å². The van der Waals surface area contributed by atoms with Crippen LogP contribution in [0, 0.1) is 17.7 Å². The van der Waals surface area contributed by atoms with E-state index in [1.54, 1.807) is 6.07 Å². The van der Waals surface area contributed by atoms with Crippen molar-refractivity contribution in [2.24, 2.45) is 0 Å². The summed E-state index contributed by atoms with van der Waals surface area (Å²) in [7, 11) is 0. The van der Waals surface area contributed by atoms with Crippen LogP contribution in [0.1, 0.15) is 39.7 Å². The maximum absolute atomic E-state index is 13.5. The van der Waals surface area contributed by atoms with Gasteiger partial charge in [0.15, 0.2) is 0 Å².